The summed E-state index contributed by atoms with van der Waals surface area (Å²) in [5.41, 5.74) is 7.52. The van der Waals surface area contributed by atoms with Crippen molar-refractivity contribution in [3.05, 3.63) is 29.3 Å². The van der Waals surface area contributed by atoms with Crippen molar-refractivity contribution < 1.29 is 9.47 Å². The van der Waals surface area contributed by atoms with Crippen LogP contribution in [0.1, 0.15) is 24.5 Å². The van der Waals surface area contributed by atoms with Crippen LogP contribution >= 0.6 is 12.2 Å². The van der Waals surface area contributed by atoms with Crippen LogP contribution in [0.2, 0.25) is 0 Å². The van der Waals surface area contributed by atoms with Crippen molar-refractivity contribution in [2.75, 3.05) is 19.8 Å². The minimum Gasteiger partial charge on any atom is -0.491 e. The van der Waals surface area contributed by atoms with Crippen molar-refractivity contribution >= 4 is 17.2 Å². The first-order chi connectivity index (χ1) is 8.15. The van der Waals surface area contributed by atoms with Crippen LogP contribution in [0.4, 0.5) is 0 Å². The predicted octanol–water partition coefficient (Wildman–Crippen LogP) is 2.43. The molecule has 0 saturated heterocycles. The molecule has 0 aromatic heterocycles. The van der Waals surface area contributed by atoms with E-state index in [0.29, 0.717) is 18.2 Å². The van der Waals surface area contributed by atoms with Crippen molar-refractivity contribution in [1.29, 1.82) is 0 Å². The number of ether oxygens (including phenoxy) is 2. The second-order valence-corrected chi connectivity index (χ2v) is 4.24. The number of nitrogens with two attached hydrogens (primary N) is 1. The van der Waals surface area contributed by atoms with E-state index in [4.69, 9.17) is 27.4 Å². The molecule has 0 saturated carbocycles. The lowest BCUT2D eigenvalue weighted by molar-refractivity contribution is 0.101. The van der Waals surface area contributed by atoms with Crippen LogP contribution in [0, 0.1) is 6.92 Å². The van der Waals surface area contributed by atoms with Crippen LogP contribution < -0.4 is 10.5 Å². The fourth-order valence-corrected chi connectivity index (χ4v) is 1.70. The lowest BCUT2D eigenvalue weighted by Gasteiger charge is -2.09. The average Bonchev–Trinajstić information content (AvgIpc) is 2.28. The second-order valence-electron chi connectivity index (χ2n) is 3.80. The normalized spacial score (nSPS) is 10.2. The lowest BCUT2D eigenvalue weighted by atomic mass is 10.1. The maximum atomic E-state index is 5.59. The Kier molecular flexibility index (Phi) is 5.94. The summed E-state index contributed by atoms with van der Waals surface area (Å²) in [6.07, 6.45) is 1.03. The maximum absolute atomic E-state index is 5.59. The molecule has 0 aliphatic heterocycles. The SMILES string of the molecule is CCCOCCOc1ccc(C(N)=S)c(C)c1. The Labute approximate surface area is 108 Å². The summed E-state index contributed by atoms with van der Waals surface area (Å²) < 4.78 is 10.9. The Bertz CT molecular complexity index is 380. The molecule has 0 unspecified atom stereocenters. The molecule has 0 aliphatic rings. The summed E-state index contributed by atoms with van der Waals surface area (Å²) in [5.74, 6) is 0.822. The van der Waals surface area contributed by atoms with Gasteiger partial charge in [0.15, 0.2) is 0 Å². The van der Waals surface area contributed by atoms with E-state index in [1.807, 2.05) is 25.1 Å². The Balaban J connectivity index is 2.45. The third-order valence-corrected chi connectivity index (χ3v) is 2.53. The summed E-state index contributed by atoms with van der Waals surface area (Å²) in [6.45, 7) is 6.01. The fourth-order valence-electron chi connectivity index (χ4n) is 1.47. The molecule has 0 atom stereocenters. The molecule has 0 spiro atoms. The molecule has 0 aliphatic carbocycles. The number of hydrogen-bond donors (Lipinski definition) is 1. The largest absolute Gasteiger partial charge is 0.491 e. The molecule has 0 radical (unpaired) electrons. The molecule has 0 fully saturated rings. The standard InChI is InChI=1S/C13H19NO2S/c1-3-6-15-7-8-16-11-4-5-12(13(14)17)10(2)9-11/h4-5,9H,3,6-8H2,1-2H3,(H2,14,17). The molecule has 1 aromatic rings. The molecule has 17 heavy (non-hydrogen) atoms. The van der Waals surface area contributed by atoms with Crippen LogP contribution in [0.5, 0.6) is 5.75 Å². The first-order valence-corrected chi connectivity index (χ1v) is 6.17. The highest BCUT2D eigenvalue weighted by atomic mass is 32.1. The summed E-state index contributed by atoms with van der Waals surface area (Å²) in [5, 5.41) is 0. The number of hydrogen-bond acceptors (Lipinski definition) is 3. The van der Waals surface area contributed by atoms with Crippen molar-refractivity contribution in [3.63, 3.8) is 0 Å². The Hall–Kier alpha value is -1.13. The quantitative estimate of drug-likeness (QED) is 0.599. The zero-order valence-electron chi connectivity index (χ0n) is 10.4. The van der Waals surface area contributed by atoms with Crippen molar-refractivity contribution in [3.8, 4) is 5.75 Å². The maximum Gasteiger partial charge on any atom is 0.119 e. The van der Waals surface area contributed by atoms with E-state index >= 15 is 0 Å². The number of rotatable bonds is 7. The molecule has 0 heterocycles. The van der Waals surface area contributed by atoms with Gasteiger partial charge in [-0.05, 0) is 37.1 Å². The summed E-state index contributed by atoms with van der Waals surface area (Å²) in [6, 6.07) is 5.70. The van der Waals surface area contributed by atoms with E-state index in [2.05, 4.69) is 6.92 Å². The predicted molar refractivity (Wildman–Crippen MR) is 73.7 cm³/mol. The van der Waals surface area contributed by atoms with Gasteiger partial charge in [-0.3, -0.25) is 0 Å². The van der Waals surface area contributed by atoms with Gasteiger partial charge in [0.05, 0.1) is 6.61 Å². The zero-order chi connectivity index (χ0) is 12.7. The highest BCUT2D eigenvalue weighted by Crippen LogP contribution is 2.17. The van der Waals surface area contributed by atoms with E-state index in [1.165, 1.54) is 0 Å². The van der Waals surface area contributed by atoms with E-state index in [1.54, 1.807) is 0 Å². The fraction of sp³-hybridized carbons (Fsp3) is 0.462. The van der Waals surface area contributed by atoms with Gasteiger partial charge < -0.3 is 15.2 Å². The van der Waals surface area contributed by atoms with E-state index in [9.17, 15) is 0 Å². The first kappa shape index (κ1) is 13.9. The van der Waals surface area contributed by atoms with Gasteiger partial charge in [0.1, 0.15) is 17.3 Å². The van der Waals surface area contributed by atoms with Gasteiger partial charge in [-0.2, -0.15) is 0 Å². The Morgan fingerprint density at radius 2 is 2.06 bits per heavy atom. The van der Waals surface area contributed by atoms with Crippen LogP contribution in [0.3, 0.4) is 0 Å². The van der Waals surface area contributed by atoms with Crippen LogP contribution in [-0.2, 0) is 4.74 Å². The van der Waals surface area contributed by atoms with Crippen molar-refractivity contribution in [1.82, 2.24) is 0 Å². The molecule has 0 bridgehead atoms. The average molecular weight is 253 g/mol. The highest BCUT2D eigenvalue weighted by Gasteiger charge is 2.03. The van der Waals surface area contributed by atoms with Gasteiger partial charge in [-0.1, -0.05) is 19.1 Å². The number of benzene rings is 1. The first-order valence-electron chi connectivity index (χ1n) is 5.76. The zero-order valence-corrected chi connectivity index (χ0v) is 11.2. The molecular weight excluding hydrogens is 234 g/mol. The van der Waals surface area contributed by atoms with Crippen LogP contribution in [0.15, 0.2) is 18.2 Å². The van der Waals surface area contributed by atoms with Gasteiger partial charge in [0.25, 0.3) is 0 Å². The molecule has 0 amide bonds. The van der Waals surface area contributed by atoms with Crippen LogP contribution in [0.25, 0.3) is 0 Å². The Morgan fingerprint density at radius 3 is 2.65 bits per heavy atom. The summed E-state index contributed by atoms with van der Waals surface area (Å²) >= 11 is 4.95. The number of aryl methyl sites for hydroxylation is 1. The van der Waals surface area contributed by atoms with Gasteiger partial charge in [0, 0.05) is 12.2 Å². The molecule has 94 valence electrons. The summed E-state index contributed by atoms with van der Waals surface area (Å²) in [4.78, 5) is 0.417. The topological polar surface area (TPSA) is 44.5 Å². The summed E-state index contributed by atoms with van der Waals surface area (Å²) in [7, 11) is 0. The highest BCUT2D eigenvalue weighted by molar-refractivity contribution is 7.80. The van der Waals surface area contributed by atoms with Gasteiger partial charge >= 0.3 is 0 Å². The van der Waals surface area contributed by atoms with Crippen LogP contribution in [-0.4, -0.2) is 24.8 Å². The molecule has 1 rings (SSSR count). The van der Waals surface area contributed by atoms with Gasteiger partial charge in [0.2, 0.25) is 0 Å². The van der Waals surface area contributed by atoms with Crippen molar-refractivity contribution in [2.45, 2.75) is 20.3 Å². The molecule has 4 heteroatoms. The Morgan fingerprint density at radius 1 is 1.29 bits per heavy atom. The second kappa shape index (κ2) is 7.25. The number of thiocarbonyl (C=S) groups is 1. The third kappa shape index (κ3) is 4.71. The molecular formula is C13H19NO2S. The van der Waals surface area contributed by atoms with E-state index in [-0.39, 0.29) is 0 Å². The molecule has 2 N–H and O–H groups in total. The van der Waals surface area contributed by atoms with Gasteiger partial charge in [-0.15, -0.1) is 0 Å². The monoisotopic (exact) mass is 253 g/mol. The lowest BCUT2D eigenvalue weighted by Crippen LogP contribution is -2.11. The van der Waals surface area contributed by atoms with Crippen molar-refractivity contribution in [2.24, 2.45) is 5.73 Å². The molecule has 3 nitrogen and oxygen atoms in total. The van der Waals surface area contributed by atoms with E-state index in [0.717, 1.165) is 29.9 Å². The van der Waals surface area contributed by atoms with E-state index < -0.39 is 0 Å². The van der Waals surface area contributed by atoms with Gasteiger partial charge in [-0.25, -0.2) is 0 Å². The smallest absolute Gasteiger partial charge is 0.119 e. The third-order valence-electron chi connectivity index (χ3n) is 2.31. The molecule has 1 aromatic carbocycles. The minimum atomic E-state index is 0.417. The minimum absolute atomic E-state index is 0.417.